The predicted octanol–water partition coefficient (Wildman–Crippen LogP) is 4.93. The number of ether oxygens (including phenoxy) is 3. The standard InChI is InChI=1S/C24H22N2O4S/c1-3-29-20-7-4-6-17-19-14-18(21-8-5-13-31-21)25-26(19)23(30-22(17)20)15-9-11-16(12-10-15)24(27)28-2/h4-14,19,23,25H,3H2,1-2H3. The normalized spacial score (nSPS) is 19.5. The number of nitrogens with zero attached hydrogens (tertiary/aromatic N) is 1. The lowest BCUT2D eigenvalue weighted by Gasteiger charge is -2.39. The van der Waals surface area contributed by atoms with Crippen LogP contribution in [0.5, 0.6) is 11.5 Å². The van der Waals surface area contributed by atoms with Crippen LogP contribution < -0.4 is 14.9 Å². The molecule has 0 bridgehead atoms. The van der Waals surface area contributed by atoms with Crippen LogP contribution in [0, 0.1) is 0 Å². The Morgan fingerprint density at radius 2 is 2.00 bits per heavy atom. The largest absolute Gasteiger partial charge is 0.490 e. The van der Waals surface area contributed by atoms with Crippen molar-refractivity contribution in [3.63, 3.8) is 0 Å². The van der Waals surface area contributed by atoms with Gasteiger partial charge in [0.2, 0.25) is 0 Å². The molecule has 2 aromatic carbocycles. The molecule has 3 aromatic rings. The molecule has 0 amide bonds. The zero-order valence-corrected chi connectivity index (χ0v) is 18.0. The van der Waals surface area contributed by atoms with Gasteiger partial charge in [-0.3, -0.25) is 0 Å². The Balaban J connectivity index is 1.57. The second kappa shape index (κ2) is 8.09. The number of hydrazine groups is 1. The van der Waals surface area contributed by atoms with E-state index in [1.54, 1.807) is 23.5 Å². The van der Waals surface area contributed by atoms with E-state index in [1.807, 2.05) is 37.3 Å². The highest BCUT2D eigenvalue weighted by Crippen LogP contribution is 2.49. The van der Waals surface area contributed by atoms with Crippen LogP contribution in [-0.4, -0.2) is 24.7 Å². The highest BCUT2D eigenvalue weighted by atomic mass is 32.1. The molecule has 5 rings (SSSR count). The molecule has 1 aromatic heterocycles. The average molecular weight is 435 g/mol. The topological polar surface area (TPSA) is 60.0 Å². The van der Waals surface area contributed by atoms with Crippen molar-refractivity contribution in [1.82, 2.24) is 10.4 Å². The summed E-state index contributed by atoms with van der Waals surface area (Å²) in [6.07, 6.45) is 1.82. The predicted molar refractivity (Wildman–Crippen MR) is 119 cm³/mol. The molecule has 0 spiro atoms. The molecule has 1 N–H and O–H groups in total. The first-order valence-electron chi connectivity index (χ1n) is 10.1. The van der Waals surface area contributed by atoms with Gasteiger partial charge in [-0.1, -0.05) is 30.3 Å². The van der Waals surface area contributed by atoms with Gasteiger partial charge < -0.3 is 19.6 Å². The van der Waals surface area contributed by atoms with Gasteiger partial charge in [0, 0.05) is 11.1 Å². The molecule has 2 unspecified atom stereocenters. The summed E-state index contributed by atoms with van der Waals surface area (Å²) in [5.74, 6) is 1.12. The van der Waals surface area contributed by atoms with E-state index in [0.717, 1.165) is 33.2 Å². The van der Waals surface area contributed by atoms with Gasteiger partial charge in [0.1, 0.15) is 0 Å². The number of benzene rings is 2. The summed E-state index contributed by atoms with van der Waals surface area (Å²) in [4.78, 5) is 13.0. The minimum atomic E-state index is -0.403. The maximum absolute atomic E-state index is 11.8. The van der Waals surface area contributed by atoms with Gasteiger partial charge in [0.25, 0.3) is 0 Å². The molecule has 7 heteroatoms. The first-order valence-corrected chi connectivity index (χ1v) is 11.0. The van der Waals surface area contributed by atoms with Gasteiger partial charge >= 0.3 is 5.97 Å². The van der Waals surface area contributed by atoms with E-state index in [0.29, 0.717) is 12.2 Å². The summed E-state index contributed by atoms with van der Waals surface area (Å²) in [6, 6.07) is 17.4. The third kappa shape index (κ3) is 3.45. The van der Waals surface area contributed by atoms with E-state index in [2.05, 4.69) is 34.0 Å². The maximum Gasteiger partial charge on any atom is 0.337 e. The SMILES string of the molecule is CCOc1cccc2c1OC(c1ccc(C(=O)OC)cc1)N1NC(c3cccs3)=CC21. The fourth-order valence-corrected chi connectivity index (χ4v) is 4.66. The Bertz CT molecular complexity index is 1120. The fraction of sp³-hybridized carbons (Fsp3) is 0.208. The van der Waals surface area contributed by atoms with Crippen molar-refractivity contribution in [3.05, 3.63) is 87.6 Å². The van der Waals surface area contributed by atoms with Gasteiger partial charge in [-0.25, -0.2) is 4.79 Å². The van der Waals surface area contributed by atoms with Crippen LogP contribution >= 0.6 is 11.3 Å². The number of carbonyl (C=O) groups excluding carboxylic acids is 1. The van der Waals surface area contributed by atoms with E-state index < -0.39 is 6.23 Å². The number of para-hydroxylation sites is 1. The number of esters is 1. The number of carbonyl (C=O) groups is 1. The number of rotatable bonds is 5. The Hall–Kier alpha value is -3.29. The van der Waals surface area contributed by atoms with Crippen LogP contribution in [0.15, 0.2) is 66.1 Å². The number of fused-ring (bicyclic) bond motifs is 3. The molecule has 2 atom stereocenters. The van der Waals surface area contributed by atoms with Crippen LogP contribution in [0.4, 0.5) is 0 Å². The number of methoxy groups -OCH3 is 1. The minimum Gasteiger partial charge on any atom is -0.490 e. The summed E-state index contributed by atoms with van der Waals surface area (Å²) in [6.45, 7) is 2.52. The van der Waals surface area contributed by atoms with Crippen molar-refractivity contribution in [1.29, 1.82) is 0 Å². The Morgan fingerprint density at radius 3 is 2.71 bits per heavy atom. The number of nitrogens with one attached hydrogen (secondary N) is 1. The summed E-state index contributed by atoms with van der Waals surface area (Å²) in [5.41, 5.74) is 7.05. The van der Waals surface area contributed by atoms with Gasteiger partial charge in [0.15, 0.2) is 17.7 Å². The summed E-state index contributed by atoms with van der Waals surface area (Å²) < 4.78 is 17.2. The van der Waals surface area contributed by atoms with Crippen molar-refractivity contribution >= 4 is 23.0 Å². The minimum absolute atomic E-state index is 0.0217. The number of hydrogen-bond acceptors (Lipinski definition) is 7. The molecular weight excluding hydrogens is 412 g/mol. The molecule has 0 saturated heterocycles. The highest BCUT2D eigenvalue weighted by Gasteiger charge is 2.41. The van der Waals surface area contributed by atoms with Crippen molar-refractivity contribution in [2.24, 2.45) is 0 Å². The molecule has 0 aliphatic carbocycles. The van der Waals surface area contributed by atoms with Crippen LogP contribution in [0.25, 0.3) is 5.70 Å². The second-order valence-electron chi connectivity index (χ2n) is 7.21. The number of hydrogen-bond donors (Lipinski definition) is 1. The number of thiophene rings is 1. The zero-order valence-electron chi connectivity index (χ0n) is 17.2. The van der Waals surface area contributed by atoms with Gasteiger partial charge in [-0.15, -0.1) is 11.3 Å². The molecule has 0 radical (unpaired) electrons. The first-order chi connectivity index (χ1) is 15.2. The molecule has 0 saturated carbocycles. The molecule has 2 aliphatic rings. The fourth-order valence-electron chi connectivity index (χ4n) is 3.96. The molecule has 0 fully saturated rings. The quantitative estimate of drug-likeness (QED) is 0.575. The van der Waals surface area contributed by atoms with Crippen LogP contribution in [-0.2, 0) is 4.74 Å². The third-order valence-electron chi connectivity index (χ3n) is 5.39. The van der Waals surface area contributed by atoms with Crippen LogP contribution in [0.3, 0.4) is 0 Å². The Kier molecular flexibility index (Phi) is 5.13. The van der Waals surface area contributed by atoms with Crippen molar-refractivity contribution < 1.29 is 19.0 Å². The van der Waals surface area contributed by atoms with Gasteiger partial charge in [-0.05, 0) is 42.6 Å². The van der Waals surface area contributed by atoms with Crippen molar-refractivity contribution in [2.75, 3.05) is 13.7 Å². The molecular formula is C24H22N2O4S. The lowest BCUT2D eigenvalue weighted by molar-refractivity contribution is -0.0345. The monoisotopic (exact) mass is 434 g/mol. The van der Waals surface area contributed by atoms with Crippen LogP contribution in [0.1, 0.15) is 45.6 Å². The van der Waals surface area contributed by atoms with Crippen molar-refractivity contribution in [3.8, 4) is 11.5 Å². The molecule has 3 heterocycles. The average Bonchev–Trinajstić information content (AvgIpc) is 3.49. The Morgan fingerprint density at radius 1 is 1.16 bits per heavy atom. The molecule has 6 nitrogen and oxygen atoms in total. The summed E-state index contributed by atoms with van der Waals surface area (Å²) in [7, 11) is 1.38. The van der Waals surface area contributed by atoms with Gasteiger partial charge in [0.05, 0.1) is 35.9 Å². The van der Waals surface area contributed by atoms with E-state index in [4.69, 9.17) is 14.2 Å². The van der Waals surface area contributed by atoms with E-state index in [9.17, 15) is 4.79 Å². The van der Waals surface area contributed by atoms with E-state index in [1.165, 1.54) is 7.11 Å². The lowest BCUT2D eigenvalue weighted by atomic mass is 10.0. The zero-order chi connectivity index (χ0) is 21.4. The smallest absolute Gasteiger partial charge is 0.337 e. The van der Waals surface area contributed by atoms with E-state index in [-0.39, 0.29) is 12.0 Å². The van der Waals surface area contributed by atoms with E-state index >= 15 is 0 Å². The lowest BCUT2D eigenvalue weighted by Crippen LogP contribution is -2.43. The second-order valence-corrected chi connectivity index (χ2v) is 8.16. The Labute approximate surface area is 184 Å². The summed E-state index contributed by atoms with van der Waals surface area (Å²) >= 11 is 1.69. The van der Waals surface area contributed by atoms with Crippen molar-refractivity contribution in [2.45, 2.75) is 19.2 Å². The molecule has 2 aliphatic heterocycles. The molecule has 31 heavy (non-hydrogen) atoms. The third-order valence-corrected chi connectivity index (χ3v) is 6.29. The first kappa shape index (κ1) is 19.7. The highest BCUT2D eigenvalue weighted by molar-refractivity contribution is 7.11. The molecule has 158 valence electrons. The maximum atomic E-state index is 11.8. The summed E-state index contributed by atoms with van der Waals surface area (Å²) in [5, 5.41) is 4.16. The van der Waals surface area contributed by atoms with Gasteiger partial charge in [-0.2, -0.15) is 5.01 Å². The van der Waals surface area contributed by atoms with Crippen LogP contribution in [0.2, 0.25) is 0 Å².